The Morgan fingerprint density at radius 2 is 1.69 bits per heavy atom. The van der Waals surface area contributed by atoms with Crippen LogP contribution in [-0.4, -0.2) is 26.2 Å². The Hall–Kier alpha value is -3.65. The Kier molecular flexibility index (Phi) is 5.26. The topological polar surface area (TPSA) is 88.4 Å². The molecule has 0 saturated heterocycles. The summed E-state index contributed by atoms with van der Waals surface area (Å²) in [5, 5.41) is 0.552. The van der Waals surface area contributed by atoms with Crippen LogP contribution < -0.4 is 10.9 Å². The summed E-state index contributed by atoms with van der Waals surface area (Å²) in [7, 11) is 0. The van der Waals surface area contributed by atoms with E-state index in [9.17, 15) is 9.59 Å². The molecule has 29 heavy (non-hydrogen) atoms. The Balaban J connectivity index is 1.50. The highest BCUT2D eigenvalue weighted by Gasteiger charge is 2.18. The van der Waals surface area contributed by atoms with Gasteiger partial charge in [-0.3, -0.25) is 24.8 Å². The number of imidazole rings is 1. The Morgan fingerprint density at radius 1 is 0.931 bits per heavy atom. The fourth-order valence-electron chi connectivity index (χ4n) is 2.87. The molecule has 2 amide bonds. The van der Waals surface area contributed by atoms with E-state index < -0.39 is 11.8 Å². The molecule has 3 aromatic heterocycles. The van der Waals surface area contributed by atoms with Crippen molar-refractivity contribution >= 4 is 29.2 Å². The summed E-state index contributed by atoms with van der Waals surface area (Å²) in [4.78, 5) is 34.9. The zero-order valence-corrected chi connectivity index (χ0v) is 16.3. The van der Waals surface area contributed by atoms with Crippen molar-refractivity contribution < 1.29 is 9.59 Å². The maximum Gasteiger partial charge on any atom is 0.288 e. The molecule has 4 aromatic rings. The second-order valence-corrected chi connectivity index (χ2v) is 7.22. The molecule has 0 fully saturated rings. The van der Waals surface area contributed by atoms with Gasteiger partial charge in [0.1, 0.15) is 16.4 Å². The highest BCUT2D eigenvalue weighted by Crippen LogP contribution is 2.28. The standard InChI is InChI=1S/C21H17N5O2S/c1-14-18(26-13-6-5-11-17(26)23-14)20(28)25-24-19(27)16-10-7-12-22-21(16)29-15-8-3-2-4-9-15/h2-13H,1H3,(H,24,27)(H,25,28). The monoisotopic (exact) mass is 403 g/mol. The minimum Gasteiger partial charge on any atom is -0.295 e. The van der Waals surface area contributed by atoms with E-state index in [1.807, 2.05) is 48.5 Å². The number of aromatic nitrogens is 3. The fraction of sp³-hybridized carbons (Fsp3) is 0.0476. The lowest BCUT2D eigenvalue weighted by atomic mass is 10.3. The predicted octanol–water partition coefficient (Wildman–Crippen LogP) is 3.26. The van der Waals surface area contributed by atoms with Crippen LogP contribution in [0.5, 0.6) is 0 Å². The highest BCUT2D eigenvalue weighted by atomic mass is 32.2. The SMILES string of the molecule is Cc1nc2ccccn2c1C(=O)NNC(=O)c1cccnc1Sc1ccccc1. The molecule has 0 aliphatic heterocycles. The van der Waals surface area contributed by atoms with E-state index in [4.69, 9.17) is 0 Å². The van der Waals surface area contributed by atoms with E-state index >= 15 is 0 Å². The van der Waals surface area contributed by atoms with E-state index in [0.717, 1.165) is 4.90 Å². The number of nitrogens with one attached hydrogen (secondary N) is 2. The van der Waals surface area contributed by atoms with Gasteiger partial charge in [-0.25, -0.2) is 9.97 Å². The van der Waals surface area contributed by atoms with Gasteiger partial charge < -0.3 is 0 Å². The van der Waals surface area contributed by atoms with Crippen LogP contribution in [0.4, 0.5) is 0 Å². The summed E-state index contributed by atoms with van der Waals surface area (Å²) in [6.45, 7) is 1.75. The summed E-state index contributed by atoms with van der Waals surface area (Å²) >= 11 is 1.38. The van der Waals surface area contributed by atoms with Gasteiger partial charge in [-0.15, -0.1) is 0 Å². The van der Waals surface area contributed by atoms with Gasteiger partial charge >= 0.3 is 0 Å². The van der Waals surface area contributed by atoms with E-state index in [1.165, 1.54) is 11.8 Å². The van der Waals surface area contributed by atoms with E-state index in [1.54, 1.807) is 35.9 Å². The lowest BCUT2D eigenvalue weighted by Gasteiger charge is -2.10. The van der Waals surface area contributed by atoms with Crippen LogP contribution in [0.2, 0.25) is 0 Å². The van der Waals surface area contributed by atoms with Crippen molar-refractivity contribution in [3.05, 3.63) is 90.0 Å². The second-order valence-electron chi connectivity index (χ2n) is 6.15. The number of amides is 2. The normalized spacial score (nSPS) is 10.7. The summed E-state index contributed by atoms with van der Waals surface area (Å²) < 4.78 is 1.68. The number of nitrogens with zero attached hydrogens (tertiary/aromatic N) is 3. The summed E-state index contributed by atoms with van der Waals surface area (Å²) in [6.07, 6.45) is 3.38. The van der Waals surface area contributed by atoms with Crippen LogP contribution in [0.1, 0.15) is 26.5 Å². The Bertz CT molecular complexity index is 1190. The number of carbonyl (C=O) groups excluding carboxylic acids is 2. The average molecular weight is 403 g/mol. The largest absolute Gasteiger partial charge is 0.295 e. The molecule has 0 unspecified atom stereocenters. The van der Waals surface area contributed by atoms with E-state index in [-0.39, 0.29) is 0 Å². The number of aryl methyl sites for hydroxylation is 1. The quantitative estimate of drug-likeness (QED) is 0.511. The molecule has 0 spiro atoms. The lowest BCUT2D eigenvalue weighted by molar-refractivity contribution is 0.0841. The molecule has 0 aliphatic rings. The highest BCUT2D eigenvalue weighted by molar-refractivity contribution is 7.99. The van der Waals surface area contributed by atoms with Crippen molar-refractivity contribution in [2.45, 2.75) is 16.8 Å². The molecule has 3 heterocycles. The number of fused-ring (bicyclic) bond motifs is 1. The molecule has 4 rings (SSSR count). The molecule has 7 nitrogen and oxygen atoms in total. The molecular formula is C21H17N5O2S. The minimum absolute atomic E-state index is 0.367. The molecule has 0 bridgehead atoms. The third-order valence-electron chi connectivity index (χ3n) is 4.18. The smallest absolute Gasteiger partial charge is 0.288 e. The van der Waals surface area contributed by atoms with Gasteiger partial charge in [-0.1, -0.05) is 36.0 Å². The first-order chi connectivity index (χ1) is 14.1. The van der Waals surface area contributed by atoms with Gasteiger partial charge in [0.2, 0.25) is 0 Å². The summed E-state index contributed by atoms with van der Waals surface area (Å²) in [5.41, 5.74) is 6.92. The molecule has 0 atom stereocenters. The van der Waals surface area contributed by atoms with Gasteiger partial charge in [0.25, 0.3) is 11.8 Å². The van der Waals surface area contributed by atoms with Crippen molar-refractivity contribution in [3.8, 4) is 0 Å². The van der Waals surface area contributed by atoms with Crippen molar-refractivity contribution in [1.82, 2.24) is 25.2 Å². The summed E-state index contributed by atoms with van der Waals surface area (Å²) in [6, 6.07) is 18.5. The number of benzene rings is 1. The molecular weight excluding hydrogens is 386 g/mol. The van der Waals surface area contributed by atoms with Gasteiger partial charge in [0, 0.05) is 17.3 Å². The molecule has 8 heteroatoms. The van der Waals surface area contributed by atoms with Crippen molar-refractivity contribution in [2.75, 3.05) is 0 Å². The Morgan fingerprint density at radius 3 is 2.52 bits per heavy atom. The molecule has 0 radical (unpaired) electrons. The number of carbonyl (C=O) groups is 2. The van der Waals surface area contributed by atoms with Gasteiger partial charge in [0.15, 0.2) is 0 Å². The van der Waals surface area contributed by atoms with Crippen LogP contribution >= 0.6 is 11.8 Å². The second kappa shape index (κ2) is 8.15. The number of pyridine rings is 2. The average Bonchev–Trinajstić information content (AvgIpc) is 3.08. The zero-order chi connectivity index (χ0) is 20.2. The van der Waals surface area contributed by atoms with Crippen molar-refractivity contribution in [3.63, 3.8) is 0 Å². The van der Waals surface area contributed by atoms with Crippen LogP contribution in [-0.2, 0) is 0 Å². The molecule has 0 saturated carbocycles. The maximum absolute atomic E-state index is 12.7. The van der Waals surface area contributed by atoms with Crippen LogP contribution in [0.3, 0.4) is 0 Å². The van der Waals surface area contributed by atoms with Crippen LogP contribution in [0.15, 0.2) is 83.0 Å². The third kappa shape index (κ3) is 3.97. The van der Waals surface area contributed by atoms with Gasteiger partial charge in [-0.2, -0.15) is 0 Å². The molecule has 0 aliphatic carbocycles. The minimum atomic E-state index is -0.448. The lowest BCUT2D eigenvalue weighted by Crippen LogP contribution is -2.42. The van der Waals surface area contributed by atoms with Crippen LogP contribution in [0.25, 0.3) is 5.65 Å². The number of rotatable bonds is 4. The maximum atomic E-state index is 12.7. The molecule has 1 aromatic carbocycles. The fourth-order valence-corrected chi connectivity index (χ4v) is 3.77. The van der Waals surface area contributed by atoms with Crippen LogP contribution in [0, 0.1) is 6.92 Å². The Labute approximate surface area is 171 Å². The first-order valence-electron chi connectivity index (χ1n) is 8.86. The summed E-state index contributed by atoms with van der Waals surface area (Å²) in [5.74, 6) is -0.896. The predicted molar refractivity (Wildman–Crippen MR) is 110 cm³/mol. The van der Waals surface area contributed by atoms with Gasteiger partial charge in [0.05, 0.1) is 11.3 Å². The van der Waals surface area contributed by atoms with Crippen molar-refractivity contribution in [1.29, 1.82) is 0 Å². The number of hydrazine groups is 1. The molecule has 2 N–H and O–H groups in total. The van der Waals surface area contributed by atoms with Gasteiger partial charge in [-0.05, 0) is 43.3 Å². The first-order valence-corrected chi connectivity index (χ1v) is 9.67. The first kappa shape index (κ1) is 18.7. The van der Waals surface area contributed by atoms with E-state index in [0.29, 0.717) is 27.6 Å². The third-order valence-corrected chi connectivity index (χ3v) is 5.21. The molecule has 144 valence electrons. The van der Waals surface area contributed by atoms with E-state index in [2.05, 4.69) is 20.8 Å². The van der Waals surface area contributed by atoms with Crippen molar-refractivity contribution in [2.24, 2.45) is 0 Å². The zero-order valence-electron chi connectivity index (χ0n) is 15.5. The number of hydrogen-bond acceptors (Lipinski definition) is 5. The number of hydrogen-bond donors (Lipinski definition) is 2.